The van der Waals surface area contributed by atoms with Crippen molar-refractivity contribution < 1.29 is 9.59 Å². The van der Waals surface area contributed by atoms with Gasteiger partial charge in [-0.15, -0.1) is 0 Å². The first kappa shape index (κ1) is 17.4. The monoisotopic (exact) mass is 323 g/mol. The fraction of sp³-hybridized carbons (Fsp3) is 0.211. The third kappa shape index (κ3) is 5.68. The summed E-state index contributed by atoms with van der Waals surface area (Å²) in [6, 6.07) is 15.2. The van der Waals surface area contributed by atoms with Crippen molar-refractivity contribution >= 4 is 23.7 Å². The number of rotatable bonds is 6. The molecule has 24 heavy (non-hydrogen) atoms. The van der Waals surface area contributed by atoms with Gasteiger partial charge in [-0.1, -0.05) is 36.4 Å². The predicted octanol–water partition coefficient (Wildman–Crippen LogP) is 3.17. The van der Waals surface area contributed by atoms with E-state index in [4.69, 9.17) is 0 Å². The van der Waals surface area contributed by atoms with Crippen molar-refractivity contribution in [3.05, 3.63) is 65.2 Å². The van der Waals surface area contributed by atoms with Crippen LogP contribution in [-0.2, 0) is 9.59 Å². The number of benzene rings is 2. The van der Waals surface area contributed by atoms with Gasteiger partial charge in [0.05, 0.1) is 6.21 Å². The average molecular weight is 323 g/mol. The zero-order chi connectivity index (χ0) is 17.4. The zero-order valence-corrected chi connectivity index (χ0v) is 13.9. The van der Waals surface area contributed by atoms with Gasteiger partial charge in [-0.3, -0.25) is 9.59 Å². The van der Waals surface area contributed by atoms with Crippen LogP contribution in [0, 0.1) is 13.8 Å². The fourth-order valence-corrected chi connectivity index (χ4v) is 2.04. The molecule has 2 amide bonds. The van der Waals surface area contributed by atoms with Gasteiger partial charge in [0.2, 0.25) is 11.8 Å². The fourth-order valence-electron chi connectivity index (χ4n) is 2.04. The summed E-state index contributed by atoms with van der Waals surface area (Å²) in [6.07, 6.45) is 1.76. The van der Waals surface area contributed by atoms with E-state index in [1.165, 1.54) is 5.56 Å². The van der Waals surface area contributed by atoms with E-state index in [1.54, 1.807) is 6.21 Å². The lowest BCUT2D eigenvalue weighted by Gasteiger charge is -2.07. The van der Waals surface area contributed by atoms with Gasteiger partial charge in [0.25, 0.3) is 0 Å². The number of anilines is 1. The predicted molar refractivity (Wildman–Crippen MR) is 96.0 cm³/mol. The summed E-state index contributed by atoms with van der Waals surface area (Å²) >= 11 is 0. The molecular weight excluding hydrogens is 302 g/mol. The molecule has 0 atom stereocenters. The molecule has 0 unspecified atom stereocenters. The molecule has 0 aliphatic heterocycles. The molecule has 2 aromatic carbocycles. The van der Waals surface area contributed by atoms with E-state index in [-0.39, 0.29) is 24.7 Å². The Hall–Kier alpha value is -2.95. The molecule has 0 saturated heterocycles. The molecule has 0 bridgehead atoms. The summed E-state index contributed by atoms with van der Waals surface area (Å²) < 4.78 is 0. The number of amides is 2. The smallest absolute Gasteiger partial charge is 0.240 e. The molecule has 0 spiro atoms. The number of hydrazone groups is 1. The van der Waals surface area contributed by atoms with Gasteiger partial charge in [0.1, 0.15) is 0 Å². The molecule has 0 fully saturated rings. The molecule has 0 aromatic heterocycles. The highest BCUT2D eigenvalue weighted by Crippen LogP contribution is 2.14. The van der Waals surface area contributed by atoms with E-state index in [2.05, 4.69) is 15.8 Å². The van der Waals surface area contributed by atoms with Crippen molar-refractivity contribution in [3.63, 3.8) is 0 Å². The maximum Gasteiger partial charge on any atom is 0.240 e. The Morgan fingerprint density at radius 2 is 1.67 bits per heavy atom. The van der Waals surface area contributed by atoms with Crippen molar-refractivity contribution in [1.29, 1.82) is 0 Å². The minimum Gasteiger partial charge on any atom is -0.326 e. The van der Waals surface area contributed by atoms with E-state index in [0.717, 1.165) is 16.8 Å². The second kappa shape index (κ2) is 8.62. The first-order chi connectivity index (χ1) is 11.5. The molecule has 5 heteroatoms. The van der Waals surface area contributed by atoms with E-state index in [1.807, 2.05) is 62.4 Å². The van der Waals surface area contributed by atoms with Crippen LogP contribution >= 0.6 is 0 Å². The lowest BCUT2D eigenvalue weighted by Crippen LogP contribution is -2.20. The van der Waals surface area contributed by atoms with Crippen LogP contribution in [0.4, 0.5) is 5.69 Å². The number of carbonyl (C=O) groups excluding carboxylic acids is 2. The molecule has 2 aromatic rings. The van der Waals surface area contributed by atoms with Crippen LogP contribution in [0.25, 0.3) is 0 Å². The van der Waals surface area contributed by atoms with Gasteiger partial charge < -0.3 is 5.32 Å². The molecule has 0 heterocycles. The third-order valence-electron chi connectivity index (χ3n) is 3.57. The Morgan fingerprint density at radius 3 is 2.38 bits per heavy atom. The summed E-state index contributed by atoms with van der Waals surface area (Å²) in [4.78, 5) is 23.6. The minimum atomic E-state index is -0.294. The van der Waals surface area contributed by atoms with Crippen molar-refractivity contribution in [3.8, 4) is 0 Å². The number of nitrogens with one attached hydrogen (secondary N) is 2. The van der Waals surface area contributed by atoms with E-state index >= 15 is 0 Å². The third-order valence-corrected chi connectivity index (χ3v) is 3.57. The van der Waals surface area contributed by atoms with Gasteiger partial charge in [-0.05, 0) is 42.7 Å². The van der Waals surface area contributed by atoms with Crippen molar-refractivity contribution in [2.45, 2.75) is 26.7 Å². The Labute approximate surface area is 141 Å². The Bertz CT molecular complexity index is 740. The summed E-state index contributed by atoms with van der Waals surface area (Å²) in [5.74, 6) is -0.488. The highest BCUT2D eigenvalue weighted by atomic mass is 16.2. The Morgan fingerprint density at radius 1 is 0.958 bits per heavy atom. The molecule has 0 aliphatic carbocycles. The lowest BCUT2D eigenvalue weighted by atomic mass is 10.1. The van der Waals surface area contributed by atoms with E-state index in [0.29, 0.717) is 0 Å². The van der Waals surface area contributed by atoms with Crippen LogP contribution in [0.1, 0.15) is 29.5 Å². The molecular formula is C19H21N3O2. The summed E-state index contributed by atoms with van der Waals surface area (Å²) in [6.45, 7) is 4.00. The molecule has 0 radical (unpaired) electrons. The molecule has 0 saturated carbocycles. The topological polar surface area (TPSA) is 70.6 Å². The van der Waals surface area contributed by atoms with Crippen LogP contribution in [0.3, 0.4) is 0 Å². The highest BCUT2D eigenvalue weighted by molar-refractivity contribution is 5.93. The van der Waals surface area contributed by atoms with E-state index < -0.39 is 0 Å². The van der Waals surface area contributed by atoms with Gasteiger partial charge in [0, 0.05) is 18.5 Å². The number of hydrogen-bond donors (Lipinski definition) is 2. The summed E-state index contributed by atoms with van der Waals surface area (Å²) in [5.41, 5.74) is 6.33. The first-order valence-corrected chi connectivity index (χ1v) is 7.78. The van der Waals surface area contributed by atoms with Crippen molar-refractivity contribution in [1.82, 2.24) is 5.43 Å². The maximum absolute atomic E-state index is 11.9. The normalized spacial score (nSPS) is 10.6. The molecule has 124 valence electrons. The molecule has 2 rings (SSSR count). The second-order valence-corrected chi connectivity index (χ2v) is 5.55. The standard InChI is InChI=1S/C19H21N3O2/c1-14-8-9-17(12-15(14)2)21-18(23)10-11-19(24)22-20-13-16-6-4-3-5-7-16/h3-9,12-13H,10-11H2,1-2H3,(H,21,23)(H,22,24)/b20-13+. The van der Waals surface area contributed by atoms with Gasteiger partial charge in [0.15, 0.2) is 0 Å². The number of carbonyl (C=O) groups is 2. The number of nitrogens with zero attached hydrogens (tertiary/aromatic N) is 1. The quantitative estimate of drug-likeness (QED) is 0.633. The van der Waals surface area contributed by atoms with Crippen LogP contribution < -0.4 is 10.7 Å². The van der Waals surface area contributed by atoms with Crippen LogP contribution in [0.5, 0.6) is 0 Å². The summed E-state index contributed by atoms with van der Waals surface area (Å²) in [7, 11) is 0. The van der Waals surface area contributed by atoms with Crippen molar-refractivity contribution in [2.24, 2.45) is 5.10 Å². The average Bonchev–Trinajstić information content (AvgIpc) is 2.57. The highest BCUT2D eigenvalue weighted by Gasteiger charge is 2.07. The van der Waals surface area contributed by atoms with Crippen molar-refractivity contribution in [2.75, 3.05) is 5.32 Å². The maximum atomic E-state index is 11.9. The van der Waals surface area contributed by atoms with Gasteiger partial charge >= 0.3 is 0 Å². The summed E-state index contributed by atoms with van der Waals surface area (Å²) in [5, 5.41) is 6.66. The van der Waals surface area contributed by atoms with Gasteiger partial charge in [-0.25, -0.2) is 5.43 Å². The van der Waals surface area contributed by atoms with Crippen LogP contribution in [-0.4, -0.2) is 18.0 Å². The lowest BCUT2D eigenvalue weighted by molar-refractivity contribution is -0.124. The number of hydrogen-bond acceptors (Lipinski definition) is 3. The molecule has 2 N–H and O–H groups in total. The molecule has 5 nitrogen and oxygen atoms in total. The SMILES string of the molecule is Cc1ccc(NC(=O)CCC(=O)N/N=C/c2ccccc2)cc1C. The van der Waals surface area contributed by atoms with Crippen LogP contribution in [0.15, 0.2) is 53.6 Å². The first-order valence-electron chi connectivity index (χ1n) is 7.78. The van der Waals surface area contributed by atoms with Crippen LogP contribution in [0.2, 0.25) is 0 Å². The van der Waals surface area contributed by atoms with Gasteiger partial charge in [-0.2, -0.15) is 5.10 Å². The zero-order valence-electron chi connectivity index (χ0n) is 13.9. The minimum absolute atomic E-state index is 0.0861. The largest absolute Gasteiger partial charge is 0.326 e. The number of aryl methyl sites for hydroxylation is 2. The molecule has 0 aliphatic rings. The van der Waals surface area contributed by atoms with E-state index in [9.17, 15) is 9.59 Å². The second-order valence-electron chi connectivity index (χ2n) is 5.55. The Kier molecular flexibility index (Phi) is 6.25. The Balaban J connectivity index is 1.73.